The Balaban J connectivity index is 1.90. The van der Waals surface area contributed by atoms with Gasteiger partial charge in [0.05, 0.1) is 13.7 Å². The maximum absolute atomic E-state index is 11.4. The zero-order valence-electron chi connectivity index (χ0n) is 10.1. The van der Waals surface area contributed by atoms with Crippen LogP contribution in [0, 0.1) is 5.92 Å². The van der Waals surface area contributed by atoms with Crippen molar-refractivity contribution in [3.8, 4) is 0 Å². The zero-order valence-corrected chi connectivity index (χ0v) is 10.1. The number of methoxy groups -OCH3 is 1. The van der Waals surface area contributed by atoms with Gasteiger partial charge in [-0.15, -0.1) is 0 Å². The Labute approximate surface area is 96.7 Å². The number of ether oxygens (including phenoxy) is 2. The van der Waals surface area contributed by atoms with Crippen LogP contribution in [0.1, 0.15) is 39.0 Å². The first-order chi connectivity index (χ1) is 7.69. The van der Waals surface area contributed by atoms with Crippen molar-refractivity contribution in [2.45, 2.75) is 50.8 Å². The molecule has 1 spiro atoms. The maximum atomic E-state index is 11.4. The first-order valence-electron chi connectivity index (χ1n) is 6.18. The summed E-state index contributed by atoms with van der Waals surface area (Å²) in [5, 5.41) is 3.30. The Bertz CT molecular complexity index is 259. The Kier molecular flexibility index (Phi) is 3.50. The quantitative estimate of drug-likeness (QED) is 0.725. The van der Waals surface area contributed by atoms with Gasteiger partial charge in [0.25, 0.3) is 0 Å². The molecule has 1 unspecified atom stereocenters. The Hall–Kier alpha value is -0.610. The second-order valence-corrected chi connectivity index (χ2v) is 4.88. The van der Waals surface area contributed by atoms with E-state index in [1.807, 2.05) is 0 Å². The van der Waals surface area contributed by atoms with Crippen LogP contribution in [0.5, 0.6) is 0 Å². The highest BCUT2D eigenvalue weighted by molar-refractivity contribution is 5.76. The van der Waals surface area contributed by atoms with E-state index in [9.17, 15) is 4.79 Å². The van der Waals surface area contributed by atoms with Gasteiger partial charge in [-0.3, -0.25) is 10.1 Å². The second-order valence-electron chi connectivity index (χ2n) is 4.88. The van der Waals surface area contributed by atoms with Gasteiger partial charge < -0.3 is 9.47 Å². The highest BCUT2D eigenvalue weighted by atomic mass is 16.5. The molecule has 4 nitrogen and oxygen atoms in total. The molecular formula is C12H21NO3. The van der Waals surface area contributed by atoms with Crippen LogP contribution in [-0.2, 0) is 14.3 Å². The van der Waals surface area contributed by atoms with E-state index in [2.05, 4.69) is 12.2 Å². The first kappa shape index (κ1) is 11.9. The molecule has 1 heterocycles. The van der Waals surface area contributed by atoms with Gasteiger partial charge in [0.15, 0.2) is 0 Å². The summed E-state index contributed by atoms with van der Waals surface area (Å²) in [5.74, 6) is 0.614. The minimum atomic E-state index is -0.275. The molecule has 2 rings (SSSR count). The van der Waals surface area contributed by atoms with E-state index in [0.29, 0.717) is 6.61 Å². The van der Waals surface area contributed by atoms with Crippen molar-refractivity contribution in [2.75, 3.05) is 13.7 Å². The SMILES string of the molecule is CCC1CCC2(CC1)NC(C(=O)OC)CO2. The van der Waals surface area contributed by atoms with Crippen molar-refractivity contribution >= 4 is 5.97 Å². The Morgan fingerprint density at radius 2 is 2.19 bits per heavy atom. The van der Waals surface area contributed by atoms with Crippen LogP contribution < -0.4 is 5.32 Å². The van der Waals surface area contributed by atoms with Crippen molar-refractivity contribution in [3.63, 3.8) is 0 Å². The molecule has 4 heteroatoms. The molecule has 1 atom stereocenters. The highest BCUT2D eigenvalue weighted by Crippen LogP contribution is 2.37. The number of rotatable bonds is 2. The summed E-state index contributed by atoms with van der Waals surface area (Å²) < 4.78 is 10.5. The molecule has 16 heavy (non-hydrogen) atoms. The largest absolute Gasteiger partial charge is 0.468 e. The van der Waals surface area contributed by atoms with Gasteiger partial charge in [0.1, 0.15) is 11.8 Å². The molecule has 0 radical (unpaired) electrons. The molecule has 0 amide bonds. The summed E-state index contributed by atoms with van der Waals surface area (Å²) in [7, 11) is 1.42. The monoisotopic (exact) mass is 227 g/mol. The first-order valence-corrected chi connectivity index (χ1v) is 6.18. The van der Waals surface area contributed by atoms with E-state index in [1.54, 1.807) is 0 Å². The van der Waals surface area contributed by atoms with E-state index < -0.39 is 0 Å². The number of carbonyl (C=O) groups is 1. The lowest BCUT2D eigenvalue weighted by molar-refractivity contribution is -0.142. The molecule has 1 aliphatic carbocycles. The number of nitrogens with one attached hydrogen (secondary N) is 1. The van der Waals surface area contributed by atoms with Crippen LogP contribution in [0.3, 0.4) is 0 Å². The zero-order chi connectivity index (χ0) is 11.6. The predicted molar refractivity (Wildman–Crippen MR) is 59.9 cm³/mol. The van der Waals surface area contributed by atoms with Crippen LogP contribution in [0.15, 0.2) is 0 Å². The third kappa shape index (κ3) is 2.23. The Morgan fingerprint density at radius 1 is 1.50 bits per heavy atom. The van der Waals surface area contributed by atoms with Crippen LogP contribution in [0.2, 0.25) is 0 Å². The van der Waals surface area contributed by atoms with E-state index in [0.717, 1.165) is 18.8 Å². The third-order valence-electron chi connectivity index (χ3n) is 3.94. The molecule has 1 aliphatic heterocycles. The third-order valence-corrected chi connectivity index (χ3v) is 3.94. The van der Waals surface area contributed by atoms with E-state index in [-0.39, 0.29) is 17.7 Å². The molecule has 0 aromatic heterocycles. The fraction of sp³-hybridized carbons (Fsp3) is 0.917. The van der Waals surface area contributed by atoms with Gasteiger partial charge >= 0.3 is 5.97 Å². The fourth-order valence-electron chi connectivity index (χ4n) is 2.75. The average molecular weight is 227 g/mol. The lowest BCUT2D eigenvalue weighted by atomic mass is 9.82. The van der Waals surface area contributed by atoms with E-state index in [4.69, 9.17) is 9.47 Å². The van der Waals surface area contributed by atoms with Gasteiger partial charge in [0.2, 0.25) is 0 Å². The summed E-state index contributed by atoms with van der Waals surface area (Å²) in [4.78, 5) is 11.4. The van der Waals surface area contributed by atoms with Crippen LogP contribution in [-0.4, -0.2) is 31.5 Å². The van der Waals surface area contributed by atoms with E-state index in [1.165, 1.54) is 26.4 Å². The van der Waals surface area contributed by atoms with Gasteiger partial charge in [-0.2, -0.15) is 0 Å². The summed E-state index contributed by atoms with van der Waals surface area (Å²) in [6.07, 6.45) is 5.66. The van der Waals surface area contributed by atoms with Crippen molar-refractivity contribution in [3.05, 3.63) is 0 Å². The van der Waals surface area contributed by atoms with Crippen molar-refractivity contribution in [1.82, 2.24) is 5.32 Å². The number of esters is 1. The smallest absolute Gasteiger partial charge is 0.325 e. The minimum Gasteiger partial charge on any atom is -0.468 e. The van der Waals surface area contributed by atoms with Crippen molar-refractivity contribution in [2.24, 2.45) is 5.92 Å². The standard InChI is InChI=1S/C12H21NO3/c1-3-9-4-6-12(7-5-9)13-10(8-16-12)11(14)15-2/h9-10,13H,3-8H2,1-2H3. The van der Waals surface area contributed by atoms with Crippen molar-refractivity contribution in [1.29, 1.82) is 0 Å². The summed E-state index contributed by atoms with van der Waals surface area (Å²) >= 11 is 0. The van der Waals surface area contributed by atoms with Gasteiger partial charge in [-0.1, -0.05) is 13.3 Å². The topological polar surface area (TPSA) is 47.6 Å². The average Bonchev–Trinajstić information content (AvgIpc) is 2.73. The Morgan fingerprint density at radius 3 is 2.75 bits per heavy atom. The molecule has 0 aromatic rings. The molecule has 2 fully saturated rings. The molecule has 1 saturated carbocycles. The maximum Gasteiger partial charge on any atom is 0.325 e. The second kappa shape index (κ2) is 4.72. The normalized spacial score (nSPS) is 38.9. The fourth-order valence-corrected chi connectivity index (χ4v) is 2.75. The van der Waals surface area contributed by atoms with Gasteiger partial charge in [-0.05, 0) is 31.6 Å². The van der Waals surface area contributed by atoms with Gasteiger partial charge in [-0.25, -0.2) is 0 Å². The molecule has 2 aliphatic rings. The summed E-state index contributed by atoms with van der Waals surface area (Å²) in [5.41, 5.74) is -0.246. The highest BCUT2D eigenvalue weighted by Gasteiger charge is 2.44. The number of hydrogen-bond acceptors (Lipinski definition) is 4. The van der Waals surface area contributed by atoms with Gasteiger partial charge in [0, 0.05) is 0 Å². The summed E-state index contributed by atoms with van der Waals surface area (Å²) in [6, 6.07) is -0.275. The van der Waals surface area contributed by atoms with Crippen LogP contribution >= 0.6 is 0 Å². The molecular weight excluding hydrogens is 206 g/mol. The lowest BCUT2D eigenvalue weighted by Crippen LogP contribution is -2.49. The molecule has 0 bridgehead atoms. The van der Waals surface area contributed by atoms with Crippen LogP contribution in [0.25, 0.3) is 0 Å². The molecule has 0 aromatic carbocycles. The van der Waals surface area contributed by atoms with Crippen molar-refractivity contribution < 1.29 is 14.3 Å². The van der Waals surface area contributed by atoms with Crippen LogP contribution in [0.4, 0.5) is 0 Å². The minimum absolute atomic E-state index is 0.213. The number of hydrogen-bond donors (Lipinski definition) is 1. The molecule has 92 valence electrons. The van der Waals surface area contributed by atoms with E-state index >= 15 is 0 Å². The molecule has 1 saturated heterocycles. The number of carbonyl (C=O) groups excluding carboxylic acids is 1. The predicted octanol–water partition coefficient (Wildman–Crippen LogP) is 1.44. The summed E-state index contributed by atoms with van der Waals surface area (Å²) in [6.45, 7) is 2.69. The lowest BCUT2D eigenvalue weighted by Gasteiger charge is -2.36. The molecule has 1 N–H and O–H groups in total.